The highest BCUT2D eigenvalue weighted by Crippen LogP contribution is 2.64. The van der Waals surface area contributed by atoms with Gasteiger partial charge in [-0.15, -0.1) is 0 Å². The fourth-order valence-electron chi connectivity index (χ4n) is 5.45. The van der Waals surface area contributed by atoms with E-state index in [2.05, 4.69) is 19.9 Å². The number of H-pyrrole nitrogens is 1. The lowest BCUT2D eigenvalue weighted by Crippen LogP contribution is -2.39. The Morgan fingerprint density at radius 1 is 1.11 bits per heavy atom. The average Bonchev–Trinajstić information content (AvgIpc) is 3.75. The molecule has 2 saturated heterocycles. The number of nitrogens with two attached hydrogens (primary N) is 1. The van der Waals surface area contributed by atoms with Crippen molar-refractivity contribution in [3.8, 4) is 0 Å². The Morgan fingerprint density at radius 3 is 2.62 bits per heavy atom. The smallest absolute Gasteiger partial charge is 0.389 e. The van der Waals surface area contributed by atoms with Crippen LogP contribution in [-0.4, -0.2) is 90.1 Å². The fraction of sp³-hybridized carbons (Fsp3) is 0.464. The summed E-state index contributed by atoms with van der Waals surface area (Å²) in [4.78, 5) is 38.8. The van der Waals surface area contributed by atoms with Crippen LogP contribution in [0.1, 0.15) is 30.0 Å². The molecule has 0 aliphatic carbocycles. The van der Waals surface area contributed by atoms with Gasteiger partial charge in [0.15, 0.2) is 17.7 Å². The lowest BCUT2D eigenvalue weighted by Gasteiger charge is -2.28. The van der Waals surface area contributed by atoms with Crippen molar-refractivity contribution < 1.29 is 38.0 Å². The number of hydrogen-bond acceptors (Lipinski definition) is 15. The van der Waals surface area contributed by atoms with Gasteiger partial charge >= 0.3 is 12.5 Å². The van der Waals surface area contributed by atoms with Gasteiger partial charge in [0.25, 0.3) is 5.56 Å². The largest absolute Gasteiger partial charge is 0.394 e. The third kappa shape index (κ3) is 7.06. The topological polar surface area (TPSA) is 228 Å². The monoisotopic (exact) mass is 691 g/mol. The van der Waals surface area contributed by atoms with Gasteiger partial charge in [0.1, 0.15) is 42.5 Å². The summed E-state index contributed by atoms with van der Waals surface area (Å²) in [5.41, 5.74) is 7.26. The van der Waals surface area contributed by atoms with Crippen LogP contribution in [0.2, 0.25) is 0 Å². The molecule has 2 aliphatic rings. The number of methoxy groups -OCH3 is 1. The lowest BCUT2D eigenvalue weighted by atomic mass is 10.1. The standard InChI is InChI=1S/C28H34N7O10PS/c1-15-3-5-16(6-4-15)12-47-46(40,45-23-18(10-36)44-27(24(23)41-2)34-8-7-20(38)33-28(34)39)42-11-19-17(37)9-21(43-19)35-14-32-22-25(29)30-13-31-26(22)35/h3-8,13-14,17-19,21,23-24,27,36-37H,9-12H2,1-2H3,(H2,29,30,31)(H,33,38,39)/t17?,18-,19-,21-,23?,24+,27-,46?/m1/s1. The normalized spacial score (nSPS) is 27.4. The van der Waals surface area contributed by atoms with Gasteiger partial charge in [-0.2, -0.15) is 0 Å². The number of aryl methyl sites for hydroxylation is 1. The van der Waals surface area contributed by atoms with Crippen LogP contribution in [0, 0.1) is 6.92 Å². The highest BCUT2D eigenvalue weighted by molar-refractivity contribution is 8.54. The van der Waals surface area contributed by atoms with Crippen LogP contribution in [0.3, 0.4) is 0 Å². The number of rotatable bonds is 12. The molecule has 1 aromatic carbocycles. The number of imidazole rings is 1. The Balaban J connectivity index is 1.22. The van der Waals surface area contributed by atoms with Gasteiger partial charge < -0.3 is 30.2 Å². The van der Waals surface area contributed by atoms with Crippen LogP contribution < -0.4 is 17.0 Å². The summed E-state index contributed by atoms with van der Waals surface area (Å²) in [6, 6.07) is 8.75. The van der Waals surface area contributed by atoms with Gasteiger partial charge in [0, 0.05) is 31.5 Å². The molecular formula is C28H34N7O10PS. The number of aromatic nitrogens is 6. The van der Waals surface area contributed by atoms with E-state index in [1.807, 2.05) is 31.2 Å². The Kier molecular flexibility index (Phi) is 9.93. The van der Waals surface area contributed by atoms with E-state index in [4.69, 9.17) is 29.0 Å². The second kappa shape index (κ2) is 14.0. The summed E-state index contributed by atoms with van der Waals surface area (Å²) in [6.45, 7) is -3.08. The number of ether oxygens (including phenoxy) is 3. The van der Waals surface area contributed by atoms with Crippen molar-refractivity contribution in [3.63, 3.8) is 0 Å². The number of anilines is 1. The minimum Gasteiger partial charge on any atom is -0.394 e. The van der Waals surface area contributed by atoms with Crippen molar-refractivity contribution >= 4 is 35.2 Å². The van der Waals surface area contributed by atoms with Crippen LogP contribution in [0.5, 0.6) is 0 Å². The number of hydrogen-bond donors (Lipinski definition) is 4. The molecule has 5 N–H and O–H groups in total. The maximum atomic E-state index is 14.5. The van der Waals surface area contributed by atoms with Crippen molar-refractivity contribution in [3.05, 3.63) is 81.1 Å². The number of nitrogens with one attached hydrogen (secondary N) is 1. The van der Waals surface area contributed by atoms with Gasteiger partial charge in [0.05, 0.1) is 25.6 Å². The molecule has 6 rings (SSSR count). The first kappa shape index (κ1) is 33.5. The number of aromatic amines is 1. The molecule has 3 aromatic heterocycles. The molecule has 252 valence electrons. The van der Waals surface area contributed by atoms with Crippen molar-refractivity contribution in [2.24, 2.45) is 0 Å². The Morgan fingerprint density at radius 2 is 1.89 bits per heavy atom. The number of aliphatic hydroxyl groups excluding tert-OH is 2. The molecule has 47 heavy (non-hydrogen) atoms. The molecule has 19 heteroatoms. The first-order valence-corrected chi connectivity index (χ1v) is 17.7. The lowest BCUT2D eigenvalue weighted by molar-refractivity contribution is -0.0625. The predicted molar refractivity (Wildman–Crippen MR) is 168 cm³/mol. The maximum absolute atomic E-state index is 14.5. The van der Waals surface area contributed by atoms with Gasteiger partial charge in [0.2, 0.25) is 0 Å². The van der Waals surface area contributed by atoms with E-state index >= 15 is 0 Å². The highest BCUT2D eigenvalue weighted by Gasteiger charge is 2.51. The summed E-state index contributed by atoms with van der Waals surface area (Å²) >= 11 is 0.903. The molecule has 0 spiro atoms. The summed E-state index contributed by atoms with van der Waals surface area (Å²) < 4.78 is 47.0. The second-order valence-corrected chi connectivity index (χ2v) is 15.1. The molecule has 0 amide bonds. The molecular weight excluding hydrogens is 657 g/mol. The van der Waals surface area contributed by atoms with E-state index in [0.29, 0.717) is 11.2 Å². The third-order valence-electron chi connectivity index (χ3n) is 7.92. The SMILES string of the molecule is CO[C@H]1C(OP(=O)(OC[C@H]2O[C@@H](n3cnc4c(N)ncnc43)CC2O)SCc2ccc(C)cc2)[C@@H](CO)O[C@H]1n1ccc(=O)[nH]c1=O. The minimum absolute atomic E-state index is 0.162. The summed E-state index contributed by atoms with van der Waals surface area (Å²) in [7, 11) is 1.35. The van der Waals surface area contributed by atoms with Crippen molar-refractivity contribution in [2.75, 3.05) is 26.1 Å². The summed E-state index contributed by atoms with van der Waals surface area (Å²) in [5.74, 6) is 0.434. The Labute approximate surface area is 271 Å². The average molecular weight is 692 g/mol. The molecule has 17 nitrogen and oxygen atoms in total. The molecule has 4 aromatic rings. The van der Waals surface area contributed by atoms with Crippen molar-refractivity contribution in [1.29, 1.82) is 0 Å². The van der Waals surface area contributed by atoms with Crippen LogP contribution >= 0.6 is 18.2 Å². The molecule has 5 heterocycles. The second-order valence-electron chi connectivity index (χ2n) is 11.1. The molecule has 2 fully saturated rings. The number of benzene rings is 1. The van der Waals surface area contributed by atoms with Gasteiger partial charge in [-0.05, 0) is 23.9 Å². The first-order chi connectivity index (χ1) is 22.6. The molecule has 0 saturated carbocycles. The molecule has 2 aliphatic heterocycles. The van der Waals surface area contributed by atoms with Crippen LogP contribution in [0.25, 0.3) is 11.2 Å². The Bertz CT molecular complexity index is 1870. The number of nitrogen functional groups attached to an aromatic ring is 1. The zero-order chi connectivity index (χ0) is 33.3. The number of aliphatic hydroxyl groups is 2. The fourth-order valence-corrected chi connectivity index (χ4v) is 8.84. The van der Waals surface area contributed by atoms with E-state index in [1.165, 1.54) is 26.0 Å². The molecule has 0 radical (unpaired) electrons. The predicted octanol–water partition coefficient (Wildman–Crippen LogP) is 1.26. The minimum atomic E-state index is -4.14. The quantitative estimate of drug-likeness (QED) is 0.153. The number of fused-ring (bicyclic) bond motifs is 1. The van der Waals surface area contributed by atoms with E-state index in [-0.39, 0.29) is 24.6 Å². The van der Waals surface area contributed by atoms with E-state index in [9.17, 15) is 24.4 Å². The van der Waals surface area contributed by atoms with Crippen LogP contribution in [-0.2, 0) is 33.6 Å². The van der Waals surface area contributed by atoms with Crippen molar-refractivity contribution in [1.82, 2.24) is 29.1 Å². The van der Waals surface area contributed by atoms with Gasteiger partial charge in [-0.1, -0.05) is 29.8 Å². The van der Waals surface area contributed by atoms with Crippen LogP contribution in [0.15, 0.2) is 58.8 Å². The van der Waals surface area contributed by atoms with Crippen LogP contribution in [0.4, 0.5) is 5.82 Å². The Hall–Kier alpha value is -3.45. The number of nitrogens with zero attached hydrogens (tertiary/aromatic N) is 5. The van der Waals surface area contributed by atoms with E-state index in [1.54, 1.807) is 4.57 Å². The maximum Gasteiger partial charge on any atom is 0.389 e. The zero-order valence-corrected chi connectivity index (χ0v) is 27.0. The highest BCUT2D eigenvalue weighted by atomic mass is 32.7. The first-order valence-electron chi connectivity index (χ1n) is 14.6. The molecule has 8 atom stereocenters. The zero-order valence-electron chi connectivity index (χ0n) is 25.3. The summed E-state index contributed by atoms with van der Waals surface area (Å²) in [6.07, 6.45) is -2.83. The third-order valence-corrected chi connectivity index (χ3v) is 11.6. The van der Waals surface area contributed by atoms with Gasteiger partial charge in [-0.25, -0.2) is 24.3 Å². The molecule has 0 bridgehead atoms. The van der Waals surface area contributed by atoms with Crippen molar-refractivity contribution in [2.45, 2.75) is 62.1 Å². The summed E-state index contributed by atoms with van der Waals surface area (Å²) in [5, 5.41) is 21.1. The van der Waals surface area contributed by atoms with Gasteiger partial charge in [-0.3, -0.25) is 28.0 Å². The molecule has 3 unspecified atom stereocenters. The van der Waals surface area contributed by atoms with E-state index in [0.717, 1.165) is 33.1 Å². The van der Waals surface area contributed by atoms with E-state index < -0.39 is 67.6 Å².